The highest BCUT2D eigenvalue weighted by Crippen LogP contribution is 2.20. The zero-order chi connectivity index (χ0) is 16.1. The zero-order valence-corrected chi connectivity index (χ0v) is 12.9. The number of Topliss-reactive ketones (excluding diaryl/α,β-unsaturated/α-hetero) is 1. The maximum atomic E-state index is 13.2. The molecule has 1 heterocycles. The van der Waals surface area contributed by atoms with E-state index in [0.29, 0.717) is 18.7 Å². The second kappa shape index (κ2) is 7.49. The van der Waals surface area contributed by atoms with Crippen LogP contribution in [0.15, 0.2) is 24.3 Å². The summed E-state index contributed by atoms with van der Waals surface area (Å²) in [5, 5.41) is 0. The Bertz CT molecular complexity index is 547. The SMILES string of the molecule is CC(CC(=O)N1CCCCC1CN)C(=O)c1cccc(F)c1. The molecule has 1 aromatic rings. The van der Waals surface area contributed by atoms with Crippen LogP contribution in [0.25, 0.3) is 0 Å². The van der Waals surface area contributed by atoms with Crippen molar-refractivity contribution in [3.05, 3.63) is 35.6 Å². The van der Waals surface area contributed by atoms with Crippen LogP contribution in [-0.4, -0.2) is 35.7 Å². The molecule has 0 spiro atoms. The normalized spacial score (nSPS) is 19.8. The van der Waals surface area contributed by atoms with Gasteiger partial charge < -0.3 is 10.6 Å². The molecule has 0 aromatic heterocycles. The number of carbonyl (C=O) groups excluding carboxylic acids is 2. The number of halogens is 1. The predicted octanol–water partition coefficient (Wildman–Crippen LogP) is 2.37. The van der Waals surface area contributed by atoms with E-state index in [1.807, 2.05) is 0 Å². The van der Waals surface area contributed by atoms with Crippen LogP contribution in [0.5, 0.6) is 0 Å². The Hall–Kier alpha value is -1.75. The topological polar surface area (TPSA) is 63.4 Å². The molecule has 0 bridgehead atoms. The Morgan fingerprint density at radius 3 is 2.86 bits per heavy atom. The molecule has 2 rings (SSSR count). The van der Waals surface area contributed by atoms with Crippen LogP contribution in [0.3, 0.4) is 0 Å². The lowest BCUT2D eigenvalue weighted by molar-refractivity contribution is -0.135. The minimum atomic E-state index is -0.463. The number of hydrogen-bond donors (Lipinski definition) is 1. The van der Waals surface area contributed by atoms with Gasteiger partial charge in [-0.05, 0) is 31.4 Å². The number of nitrogens with zero attached hydrogens (tertiary/aromatic N) is 1. The fourth-order valence-electron chi connectivity index (χ4n) is 2.97. The molecule has 0 aliphatic carbocycles. The van der Waals surface area contributed by atoms with Gasteiger partial charge in [0.25, 0.3) is 0 Å². The number of likely N-dealkylation sites (tertiary alicyclic amines) is 1. The molecule has 4 nitrogen and oxygen atoms in total. The number of rotatable bonds is 5. The lowest BCUT2D eigenvalue weighted by Crippen LogP contribution is -2.48. The second-order valence-corrected chi connectivity index (χ2v) is 5.95. The van der Waals surface area contributed by atoms with E-state index in [2.05, 4.69) is 0 Å². The van der Waals surface area contributed by atoms with Crippen molar-refractivity contribution in [3.8, 4) is 0 Å². The van der Waals surface area contributed by atoms with Gasteiger partial charge >= 0.3 is 0 Å². The van der Waals surface area contributed by atoms with Crippen molar-refractivity contribution in [2.45, 2.75) is 38.6 Å². The third-order valence-corrected chi connectivity index (χ3v) is 4.26. The van der Waals surface area contributed by atoms with E-state index in [-0.39, 0.29) is 24.2 Å². The van der Waals surface area contributed by atoms with Crippen molar-refractivity contribution in [3.63, 3.8) is 0 Å². The Morgan fingerprint density at radius 1 is 1.41 bits per heavy atom. The van der Waals surface area contributed by atoms with Crippen LogP contribution >= 0.6 is 0 Å². The highest BCUT2D eigenvalue weighted by Gasteiger charge is 2.28. The summed E-state index contributed by atoms with van der Waals surface area (Å²) in [4.78, 5) is 26.5. The Balaban J connectivity index is 1.99. The van der Waals surface area contributed by atoms with Gasteiger partial charge in [-0.2, -0.15) is 0 Å². The average Bonchev–Trinajstić information content (AvgIpc) is 2.53. The Morgan fingerprint density at radius 2 is 2.18 bits per heavy atom. The van der Waals surface area contributed by atoms with Crippen LogP contribution in [0.1, 0.15) is 43.0 Å². The standard InChI is InChI=1S/C17H23FN2O2/c1-12(17(22)13-5-4-6-14(18)10-13)9-16(21)20-8-3-2-7-15(20)11-19/h4-6,10,12,15H,2-3,7-9,11,19H2,1H3. The zero-order valence-electron chi connectivity index (χ0n) is 12.9. The Labute approximate surface area is 130 Å². The molecule has 5 heteroatoms. The summed E-state index contributed by atoms with van der Waals surface area (Å²) in [6, 6.07) is 5.68. The minimum absolute atomic E-state index is 0.0348. The van der Waals surface area contributed by atoms with Gasteiger partial charge in [0.05, 0.1) is 0 Å². The van der Waals surface area contributed by atoms with E-state index < -0.39 is 11.7 Å². The van der Waals surface area contributed by atoms with Crippen LogP contribution in [0, 0.1) is 11.7 Å². The van der Waals surface area contributed by atoms with E-state index in [1.54, 1.807) is 17.9 Å². The van der Waals surface area contributed by atoms with Crippen molar-refractivity contribution in [1.29, 1.82) is 0 Å². The first-order chi connectivity index (χ1) is 10.5. The van der Waals surface area contributed by atoms with Crippen LogP contribution in [-0.2, 0) is 4.79 Å². The molecule has 1 fully saturated rings. The highest BCUT2D eigenvalue weighted by atomic mass is 19.1. The van der Waals surface area contributed by atoms with E-state index in [4.69, 9.17) is 5.73 Å². The van der Waals surface area contributed by atoms with E-state index in [9.17, 15) is 14.0 Å². The van der Waals surface area contributed by atoms with Gasteiger partial charge in [0.15, 0.2) is 5.78 Å². The first-order valence-corrected chi connectivity index (χ1v) is 7.82. The molecule has 1 amide bonds. The van der Waals surface area contributed by atoms with Crippen LogP contribution < -0.4 is 5.73 Å². The summed E-state index contributed by atoms with van der Waals surface area (Å²) in [7, 11) is 0. The van der Waals surface area contributed by atoms with Crippen molar-refractivity contribution in [2.75, 3.05) is 13.1 Å². The fraction of sp³-hybridized carbons (Fsp3) is 0.529. The Kier molecular flexibility index (Phi) is 5.66. The number of hydrogen-bond acceptors (Lipinski definition) is 3. The van der Waals surface area contributed by atoms with Gasteiger partial charge in [-0.1, -0.05) is 19.1 Å². The van der Waals surface area contributed by atoms with Gasteiger partial charge in [-0.3, -0.25) is 9.59 Å². The van der Waals surface area contributed by atoms with E-state index in [0.717, 1.165) is 19.3 Å². The maximum Gasteiger partial charge on any atom is 0.223 e. The van der Waals surface area contributed by atoms with Gasteiger partial charge in [0.1, 0.15) is 5.82 Å². The van der Waals surface area contributed by atoms with Crippen LogP contribution in [0.2, 0.25) is 0 Å². The van der Waals surface area contributed by atoms with Crippen molar-refractivity contribution in [2.24, 2.45) is 11.7 Å². The summed E-state index contributed by atoms with van der Waals surface area (Å²) in [5.41, 5.74) is 6.04. The van der Waals surface area contributed by atoms with Gasteiger partial charge in [-0.15, -0.1) is 0 Å². The number of ketones is 1. The molecule has 1 aliphatic heterocycles. The van der Waals surface area contributed by atoms with Gasteiger partial charge in [0.2, 0.25) is 5.91 Å². The van der Waals surface area contributed by atoms with E-state index >= 15 is 0 Å². The number of benzene rings is 1. The second-order valence-electron chi connectivity index (χ2n) is 5.95. The third-order valence-electron chi connectivity index (χ3n) is 4.26. The molecule has 22 heavy (non-hydrogen) atoms. The predicted molar refractivity (Wildman–Crippen MR) is 82.9 cm³/mol. The maximum absolute atomic E-state index is 13.2. The molecule has 0 saturated carbocycles. The van der Waals surface area contributed by atoms with Gasteiger partial charge in [0, 0.05) is 37.0 Å². The number of carbonyl (C=O) groups is 2. The molecule has 1 aliphatic rings. The first kappa shape index (κ1) is 16.6. The summed E-state index contributed by atoms with van der Waals surface area (Å²) >= 11 is 0. The summed E-state index contributed by atoms with van der Waals surface area (Å²) < 4.78 is 13.2. The molecular weight excluding hydrogens is 283 g/mol. The van der Waals surface area contributed by atoms with Crippen molar-refractivity contribution >= 4 is 11.7 Å². The molecule has 2 atom stereocenters. The lowest BCUT2D eigenvalue weighted by Gasteiger charge is -2.35. The number of amides is 1. The number of nitrogens with two attached hydrogens (primary N) is 1. The van der Waals surface area contributed by atoms with Crippen molar-refractivity contribution in [1.82, 2.24) is 4.90 Å². The quantitative estimate of drug-likeness (QED) is 0.850. The average molecular weight is 306 g/mol. The smallest absolute Gasteiger partial charge is 0.223 e. The van der Waals surface area contributed by atoms with E-state index in [1.165, 1.54) is 18.2 Å². The first-order valence-electron chi connectivity index (χ1n) is 7.82. The van der Waals surface area contributed by atoms with Gasteiger partial charge in [-0.25, -0.2) is 4.39 Å². The summed E-state index contributed by atoms with van der Waals surface area (Å²) in [6.45, 7) is 2.88. The minimum Gasteiger partial charge on any atom is -0.338 e. The molecular formula is C17H23FN2O2. The molecule has 1 aromatic carbocycles. The molecule has 0 radical (unpaired) electrons. The fourth-order valence-corrected chi connectivity index (χ4v) is 2.97. The largest absolute Gasteiger partial charge is 0.338 e. The molecule has 120 valence electrons. The molecule has 2 unspecified atom stereocenters. The van der Waals surface area contributed by atoms with Crippen LogP contribution in [0.4, 0.5) is 4.39 Å². The van der Waals surface area contributed by atoms with Crippen molar-refractivity contribution < 1.29 is 14.0 Å². The monoisotopic (exact) mass is 306 g/mol. The third kappa shape index (κ3) is 3.91. The molecule has 1 saturated heterocycles. The highest BCUT2D eigenvalue weighted by molar-refractivity contribution is 5.99. The lowest BCUT2D eigenvalue weighted by atomic mass is 9.94. The number of piperidine rings is 1. The summed E-state index contributed by atoms with van der Waals surface area (Å²) in [6.07, 6.45) is 3.14. The summed E-state index contributed by atoms with van der Waals surface area (Å²) in [5.74, 6) is -1.14. The molecule has 2 N–H and O–H groups in total.